The van der Waals surface area contributed by atoms with Crippen molar-refractivity contribution in [1.29, 1.82) is 0 Å². The van der Waals surface area contributed by atoms with E-state index in [1.165, 1.54) is 12.4 Å². The Morgan fingerprint density at radius 3 is 3.31 bits per heavy atom. The van der Waals surface area contributed by atoms with Gasteiger partial charge in [-0.25, -0.2) is 4.98 Å². The Morgan fingerprint density at radius 1 is 1.69 bits per heavy atom. The molecule has 5 heteroatoms. The number of hydrogen-bond acceptors (Lipinski definition) is 4. The van der Waals surface area contributed by atoms with E-state index in [0.717, 1.165) is 13.0 Å². The van der Waals surface area contributed by atoms with Gasteiger partial charge < -0.3 is 15.0 Å². The Morgan fingerprint density at radius 2 is 2.62 bits per heavy atom. The first-order valence-electron chi connectivity index (χ1n) is 4.23. The predicted octanol–water partition coefficient (Wildman–Crippen LogP) is -0.0293. The number of rotatable bonds is 2. The fourth-order valence-corrected chi connectivity index (χ4v) is 1.30. The number of aromatic nitrogens is 2. The van der Waals surface area contributed by atoms with Crippen molar-refractivity contribution in [3.8, 4) is 0 Å². The van der Waals surface area contributed by atoms with Gasteiger partial charge in [-0.2, -0.15) is 0 Å². The Kier molecular flexibility index (Phi) is 2.27. The highest BCUT2D eigenvalue weighted by atomic mass is 16.5. The van der Waals surface area contributed by atoms with Gasteiger partial charge in [-0.15, -0.1) is 0 Å². The highest BCUT2D eigenvalue weighted by molar-refractivity contribution is 5.33. The number of anilines is 1. The van der Waals surface area contributed by atoms with Crippen LogP contribution in [0.5, 0.6) is 0 Å². The van der Waals surface area contributed by atoms with Crippen molar-refractivity contribution < 1.29 is 4.74 Å². The molecule has 0 aliphatic carbocycles. The number of ether oxygens (including phenoxy) is 1. The van der Waals surface area contributed by atoms with Crippen LogP contribution >= 0.6 is 0 Å². The summed E-state index contributed by atoms with van der Waals surface area (Å²) in [4.78, 5) is 17.3. The molecule has 1 aromatic heterocycles. The molecule has 1 aliphatic rings. The summed E-state index contributed by atoms with van der Waals surface area (Å²) in [5.41, 5.74) is -0.142. The quantitative estimate of drug-likeness (QED) is 0.672. The van der Waals surface area contributed by atoms with Crippen LogP contribution in [0.4, 0.5) is 5.82 Å². The van der Waals surface area contributed by atoms with Crippen LogP contribution in [-0.2, 0) is 4.74 Å². The lowest BCUT2D eigenvalue weighted by Gasteiger charge is -2.09. The SMILES string of the molecule is O=c1cc(NC2CCOC2)nc[nH]1. The summed E-state index contributed by atoms with van der Waals surface area (Å²) in [6.45, 7) is 1.47. The van der Waals surface area contributed by atoms with Crippen LogP contribution in [0.2, 0.25) is 0 Å². The molecule has 0 amide bonds. The van der Waals surface area contributed by atoms with Gasteiger partial charge >= 0.3 is 0 Å². The number of nitrogens with zero attached hydrogens (tertiary/aromatic N) is 1. The lowest BCUT2D eigenvalue weighted by molar-refractivity contribution is 0.195. The summed E-state index contributed by atoms with van der Waals surface area (Å²) >= 11 is 0. The Labute approximate surface area is 75.1 Å². The number of aromatic amines is 1. The van der Waals surface area contributed by atoms with Crippen LogP contribution in [-0.4, -0.2) is 29.2 Å². The number of nitrogens with one attached hydrogen (secondary N) is 2. The second kappa shape index (κ2) is 3.57. The van der Waals surface area contributed by atoms with Gasteiger partial charge in [0.2, 0.25) is 0 Å². The van der Waals surface area contributed by atoms with Crippen LogP contribution in [0.1, 0.15) is 6.42 Å². The van der Waals surface area contributed by atoms with Crippen LogP contribution in [0.3, 0.4) is 0 Å². The maximum atomic E-state index is 10.9. The van der Waals surface area contributed by atoms with Crippen LogP contribution in [0, 0.1) is 0 Å². The van der Waals surface area contributed by atoms with Crippen LogP contribution in [0.15, 0.2) is 17.2 Å². The van der Waals surface area contributed by atoms with Crippen LogP contribution < -0.4 is 10.9 Å². The molecule has 0 bridgehead atoms. The lowest BCUT2D eigenvalue weighted by Crippen LogP contribution is -2.21. The molecule has 70 valence electrons. The minimum absolute atomic E-state index is 0.142. The fraction of sp³-hybridized carbons (Fsp3) is 0.500. The van der Waals surface area contributed by atoms with Crippen molar-refractivity contribution in [3.05, 3.63) is 22.7 Å². The Balaban J connectivity index is 2.04. The van der Waals surface area contributed by atoms with E-state index >= 15 is 0 Å². The maximum absolute atomic E-state index is 10.9. The highest BCUT2D eigenvalue weighted by Crippen LogP contribution is 2.08. The van der Waals surface area contributed by atoms with Crippen molar-refractivity contribution >= 4 is 5.82 Å². The summed E-state index contributed by atoms with van der Waals surface area (Å²) in [6, 6.07) is 1.73. The molecule has 5 nitrogen and oxygen atoms in total. The zero-order valence-corrected chi connectivity index (χ0v) is 7.12. The summed E-state index contributed by atoms with van der Waals surface area (Å²) in [6.07, 6.45) is 2.36. The van der Waals surface area contributed by atoms with E-state index < -0.39 is 0 Å². The molecule has 1 atom stereocenters. The average Bonchev–Trinajstić information content (AvgIpc) is 2.57. The van der Waals surface area contributed by atoms with Gasteiger partial charge in [0.1, 0.15) is 5.82 Å². The van der Waals surface area contributed by atoms with E-state index in [4.69, 9.17) is 4.74 Å². The summed E-state index contributed by atoms with van der Waals surface area (Å²) in [7, 11) is 0. The third-order valence-electron chi connectivity index (χ3n) is 1.96. The standard InChI is InChI=1S/C8H11N3O2/c12-8-3-7(9-5-10-8)11-6-1-2-13-4-6/h3,5-6H,1-2,4H2,(H2,9,10,11,12). The molecule has 1 fully saturated rings. The second-order valence-electron chi connectivity index (χ2n) is 3.00. The van der Waals surface area contributed by atoms with Crippen molar-refractivity contribution in [2.24, 2.45) is 0 Å². The third kappa shape index (κ3) is 2.06. The maximum Gasteiger partial charge on any atom is 0.252 e. The van der Waals surface area contributed by atoms with Crippen molar-refractivity contribution in [1.82, 2.24) is 9.97 Å². The van der Waals surface area contributed by atoms with E-state index in [-0.39, 0.29) is 11.6 Å². The van der Waals surface area contributed by atoms with Crippen LogP contribution in [0.25, 0.3) is 0 Å². The molecule has 2 rings (SSSR count). The molecule has 0 saturated carbocycles. The Hall–Kier alpha value is -1.36. The van der Waals surface area contributed by atoms with Crippen molar-refractivity contribution in [2.75, 3.05) is 18.5 Å². The molecule has 2 heterocycles. The topological polar surface area (TPSA) is 67.0 Å². The zero-order chi connectivity index (χ0) is 9.10. The lowest BCUT2D eigenvalue weighted by atomic mass is 10.2. The molecule has 0 aromatic carbocycles. The minimum atomic E-state index is -0.142. The first-order valence-corrected chi connectivity index (χ1v) is 4.23. The monoisotopic (exact) mass is 181 g/mol. The van der Waals surface area contributed by atoms with Gasteiger partial charge in [0.05, 0.1) is 19.0 Å². The number of H-pyrrole nitrogens is 1. The van der Waals surface area contributed by atoms with Gasteiger partial charge in [0.25, 0.3) is 5.56 Å². The molecule has 0 spiro atoms. The molecule has 2 N–H and O–H groups in total. The van der Waals surface area contributed by atoms with Crippen molar-refractivity contribution in [2.45, 2.75) is 12.5 Å². The molecule has 1 aromatic rings. The fourth-order valence-electron chi connectivity index (χ4n) is 1.30. The molecule has 13 heavy (non-hydrogen) atoms. The highest BCUT2D eigenvalue weighted by Gasteiger charge is 2.15. The van der Waals surface area contributed by atoms with Gasteiger partial charge in [-0.05, 0) is 6.42 Å². The zero-order valence-electron chi connectivity index (χ0n) is 7.12. The van der Waals surface area contributed by atoms with Gasteiger partial charge in [0.15, 0.2) is 0 Å². The van der Waals surface area contributed by atoms with Gasteiger partial charge in [0, 0.05) is 12.7 Å². The van der Waals surface area contributed by atoms with E-state index in [2.05, 4.69) is 15.3 Å². The first kappa shape index (κ1) is 8.25. The summed E-state index contributed by atoms with van der Waals surface area (Å²) in [5, 5.41) is 3.13. The third-order valence-corrected chi connectivity index (χ3v) is 1.96. The van der Waals surface area contributed by atoms with Crippen molar-refractivity contribution in [3.63, 3.8) is 0 Å². The Bertz CT molecular complexity index is 330. The summed E-state index contributed by atoms with van der Waals surface area (Å²) < 4.78 is 5.18. The largest absolute Gasteiger partial charge is 0.379 e. The molecule has 1 saturated heterocycles. The normalized spacial score (nSPS) is 21.7. The smallest absolute Gasteiger partial charge is 0.252 e. The average molecular weight is 181 g/mol. The first-order chi connectivity index (χ1) is 6.34. The van der Waals surface area contributed by atoms with E-state index in [1.807, 2.05) is 0 Å². The molecule has 1 aliphatic heterocycles. The summed E-state index contributed by atoms with van der Waals surface area (Å²) in [5.74, 6) is 0.610. The predicted molar refractivity (Wildman–Crippen MR) is 47.7 cm³/mol. The second-order valence-corrected chi connectivity index (χ2v) is 3.00. The number of hydrogen-bond donors (Lipinski definition) is 2. The molecular weight excluding hydrogens is 170 g/mol. The molecule has 1 unspecified atom stereocenters. The molecular formula is C8H11N3O2. The van der Waals surface area contributed by atoms with Gasteiger partial charge in [-0.3, -0.25) is 4.79 Å². The van der Waals surface area contributed by atoms with Gasteiger partial charge in [-0.1, -0.05) is 0 Å². The van der Waals surface area contributed by atoms with E-state index in [1.54, 1.807) is 0 Å². The molecule has 0 radical (unpaired) electrons. The minimum Gasteiger partial charge on any atom is -0.379 e. The van der Waals surface area contributed by atoms with E-state index in [0.29, 0.717) is 12.4 Å². The van der Waals surface area contributed by atoms with E-state index in [9.17, 15) is 4.79 Å².